The van der Waals surface area contributed by atoms with Gasteiger partial charge >= 0.3 is 5.97 Å². The first-order valence-corrected chi connectivity index (χ1v) is 9.30. The van der Waals surface area contributed by atoms with Crippen molar-refractivity contribution in [2.45, 2.75) is 46.6 Å². The second-order valence-corrected chi connectivity index (χ2v) is 7.09. The van der Waals surface area contributed by atoms with Crippen molar-refractivity contribution in [3.05, 3.63) is 28.8 Å². The zero-order valence-electron chi connectivity index (χ0n) is 16.0. The van der Waals surface area contributed by atoms with Gasteiger partial charge in [-0.25, -0.2) is 0 Å². The van der Waals surface area contributed by atoms with Gasteiger partial charge in [0.2, 0.25) is 5.91 Å². The average molecular weight is 362 g/mol. The number of carbonyl (C=O) groups excluding carboxylic acids is 2. The van der Waals surface area contributed by atoms with E-state index in [4.69, 9.17) is 9.84 Å². The summed E-state index contributed by atoms with van der Waals surface area (Å²) in [4.78, 5) is 25.8. The third-order valence-electron chi connectivity index (χ3n) is 4.68. The predicted molar refractivity (Wildman–Crippen MR) is 99.9 cm³/mol. The minimum Gasteiger partial charge on any atom is -0.426 e. The highest BCUT2D eigenvalue weighted by molar-refractivity contribution is 5.78. The number of benzene rings is 1. The Morgan fingerprint density at radius 3 is 2.62 bits per heavy atom. The Kier molecular flexibility index (Phi) is 7.60. The van der Waals surface area contributed by atoms with E-state index in [1.165, 1.54) is 6.92 Å². The van der Waals surface area contributed by atoms with Crippen molar-refractivity contribution in [3.8, 4) is 5.75 Å². The van der Waals surface area contributed by atoms with E-state index < -0.39 is 0 Å². The van der Waals surface area contributed by atoms with Crippen molar-refractivity contribution in [2.75, 3.05) is 26.2 Å². The monoisotopic (exact) mass is 362 g/mol. The highest BCUT2D eigenvalue weighted by Crippen LogP contribution is 2.27. The number of rotatable bonds is 7. The fourth-order valence-electron chi connectivity index (χ4n) is 3.54. The Labute approximate surface area is 155 Å². The Hall–Kier alpha value is -1.92. The summed E-state index contributed by atoms with van der Waals surface area (Å²) in [5, 5.41) is 11.7. The maximum Gasteiger partial charge on any atom is 0.308 e. The Morgan fingerprint density at radius 2 is 2.00 bits per heavy atom. The first kappa shape index (κ1) is 20.4. The van der Waals surface area contributed by atoms with Crippen LogP contribution in [0.1, 0.15) is 42.9 Å². The number of carbonyl (C=O) groups is 2. The lowest BCUT2D eigenvalue weighted by Gasteiger charge is -2.32. The quantitative estimate of drug-likeness (QED) is 0.440. The number of hydrogen-bond donors (Lipinski definition) is 2. The van der Waals surface area contributed by atoms with Gasteiger partial charge in [0.1, 0.15) is 5.75 Å². The van der Waals surface area contributed by atoms with Gasteiger partial charge in [0.05, 0.1) is 5.92 Å². The van der Waals surface area contributed by atoms with Gasteiger partial charge in [0.25, 0.3) is 0 Å². The molecule has 1 aromatic carbocycles. The number of aliphatic hydroxyl groups is 1. The molecule has 1 fully saturated rings. The van der Waals surface area contributed by atoms with Gasteiger partial charge in [-0.05, 0) is 56.3 Å². The maximum atomic E-state index is 12.3. The number of nitrogens with one attached hydrogen (secondary N) is 1. The second-order valence-electron chi connectivity index (χ2n) is 7.09. The number of piperidine rings is 1. The number of aliphatic hydroxyl groups excluding tert-OH is 1. The van der Waals surface area contributed by atoms with E-state index in [-0.39, 0.29) is 24.4 Å². The Balaban J connectivity index is 1.97. The maximum absolute atomic E-state index is 12.3. The van der Waals surface area contributed by atoms with Crippen LogP contribution in [-0.2, 0) is 16.1 Å². The van der Waals surface area contributed by atoms with Crippen LogP contribution in [0.5, 0.6) is 5.75 Å². The van der Waals surface area contributed by atoms with Crippen molar-refractivity contribution < 1.29 is 19.4 Å². The van der Waals surface area contributed by atoms with Crippen LogP contribution in [0.25, 0.3) is 0 Å². The summed E-state index contributed by atoms with van der Waals surface area (Å²) in [6, 6.07) is 4.10. The van der Waals surface area contributed by atoms with Gasteiger partial charge in [-0.1, -0.05) is 12.1 Å². The van der Waals surface area contributed by atoms with E-state index >= 15 is 0 Å². The summed E-state index contributed by atoms with van der Waals surface area (Å²) in [7, 11) is 0. The molecule has 0 saturated carbocycles. The summed E-state index contributed by atoms with van der Waals surface area (Å²) >= 11 is 0. The molecule has 1 atom stereocenters. The van der Waals surface area contributed by atoms with Crippen LogP contribution in [0.2, 0.25) is 0 Å². The molecule has 2 N–H and O–H groups in total. The molecule has 2 rings (SSSR count). The zero-order chi connectivity index (χ0) is 19.1. The van der Waals surface area contributed by atoms with E-state index in [1.54, 1.807) is 0 Å². The van der Waals surface area contributed by atoms with Crippen LogP contribution in [0.15, 0.2) is 12.1 Å². The topological polar surface area (TPSA) is 78.9 Å². The van der Waals surface area contributed by atoms with Gasteiger partial charge in [-0.2, -0.15) is 0 Å². The van der Waals surface area contributed by atoms with Crippen molar-refractivity contribution in [1.82, 2.24) is 10.2 Å². The third-order valence-corrected chi connectivity index (χ3v) is 4.68. The smallest absolute Gasteiger partial charge is 0.308 e. The van der Waals surface area contributed by atoms with E-state index in [2.05, 4.69) is 22.3 Å². The number of esters is 1. The molecule has 1 unspecified atom stereocenters. The zero-order valence-corrected chi connectivity index (χ0v) is 16.0. The highest BCUT2D eigenvalue weighted by atomic mass is 16.5. The molecule has 1 heterocycles. The summed E-state index contributed by atoms with van der Waals surface area (Å²) in [6.45, 7) is 8.43. The van der Waals surface area contributed by atoms with Crippen LogP contribution >= 0.6 is 0 Å². The highest BCUT2D eigenvalue weighted by Gasteiger charge is 2.25. The lowest BCUT2D eigenvalue weighted by atomic mass is 9.96. The molecule has 1 aliphatic rings. The molecule has 0 bridgehead atoms. The third kappa shape index (κ3) is 5.81. The largest absolute Gasteiger partial charge is 0.426 e. The molecule has 0 spiro atoms. The van der Waals surface area contributed by atoms with Crippen molar-refractivity contribution in [1.29, 1.82) is 0 Å². The fraction of sp³-hybridized carbons (Fsp3) is 0.600. The molecule has 1 aromatic rings. The van der Waals surface area contributed by atoms with Gasteiger partial charge in [-0.15, -0.1) is 0 Å². The number of amides is 1. The molecule has 1 amide bonds. The van der Waals surface area contributed by atoms with Crippen LogP contribution < -0.4 is 10.1 Å². The van der Waals surface area contributed by atoms with E-state index in [9.17, 15) is 9.59 Å². The average Bonchev–Trinajstić information content (AvgIpc) is 2.58. The number of aryl methyl sites for hydroxylation is 2. The molecule has 0 aliphatic carbocycles. The number of hydrogen-bond acceptors (Lipinski definition) is 5. The predicted octanol–water partition coefficient (Wildman–Crippen LogP) is 1.94. The minimum atomic E-state index is -0.310. The molecule has 26 heavy (non-hydrogen) atoms. The molecular weight excluding hydrogens is 332 g/mol. The van der Waals surface area contributed by atoms with Gasteiger partial charge < -0.3 is 15.2 Å². The molecule has 1 aliphatic heterocycles. The summed E-state index contributed by atoms with van der Waals surface area (Å²) in [5.74, 6) is 0.418. The number of likely N-dealkylation sites (tertiary alicyclic amines) is 1. The fourth-order valence-corrected chi connectivity index (χ4v) is 3.54. The lowest BCUT2D eigenvalue weighted by molar-refractivity contribution is -0.132. The first-order chi connectivity index (χ1) is 12.4. The van der Waals surface area contributed by atoms with Crippen molar-refractivity contribution in [2.24, 2.45) is 5.92 Å². The number of ether oxygens (including phenoxy) is 1. The molecular formula is C20H30N2O4. The molecule has 1 saturated heterocycles. The van der Waals surface area contributed by atoms with E-state index in [1.807, 2.05) is 13.8 Å². The minimum absolute atomic E-state index is 0.00459. The molecule has 0 radical (unpaired) electrons. The van der Waals surface area contributed by atoms with Gasteiger partial charge in [-0.3, -0.25) is 14.5 Å². The summed E-state index contributed by atoms with van der Waals surface area (Å²) in [6.07, 6.45) is 2.50. The van der Waals surface area contributed by atoms with Crippen LogP contribution in [0.4, 0.5) is 0 Å². The second kappa shape index (κ2) is 9.69. The molecule has 6 nitrogen and oxygen atoms in total. The van der Waals surface area contributed by atoms with Crippen LogP contribution in [0.3, 0.4) is 0 Å². The van der Waals surface area contributed by atoms with E-state index in [0.717, 1.165) is 49.2 Å². The van der Waals surface area contributed by atoms with Crippen LogP contribution in [-0.4, -0.2) is 48.1 Å². The van der Waals surface area contributed by atoms with Crippen molar-refractivity contribution in [3.63, 3.8) is 0 Å². The Bertz CT molecular complexity index is 622. The van der Waals surface area contributed by atoms with Gasteiger partial charge in [0, 0.05) is 33.2 Å². The van der Waals surface area contributed by atoms with E-state index in [0.29, 0.717) is 18.7 Å². The van der Waals surface area contributed by atoms with Crippen LogP contribution in [0, 0.1) is 19.8 Å². The summed E-state index contributed by atoms with van der Waals surface area (Å²) < 4.78 is 5.29. The Morgan fingerprint density at radius 1 is 1.31 bits per heavy atom. The summed E-state index contributed by atoms with van der Waals surface area (Å²) in [5.41, 5.74) is 3.06. The normalized spacial score (nSPS) is 17.8. The first-order valence-electron chi connectivity index (χ1n) is 9.30. The molecule has 6 heteroatoms. The number of nitrogens with zero attached hydrogens (tertiary/aromatic N) is 1. The van der Waals surface area contributed by atoms with Crippen molar-refractivity contribution >= 4 is 11.9 Å². The standard InChI is InChI=1S/C20H30N2O4/c1-14-10-17(11-15(2)19(14)26-16(3)24)12-22-8-4-6-18(13-22)20(25)21-7-5-9-23/h10-11,18,23H,4-9,12-13H2,1-3H3,(H,21,25). The van der Waals surface area contributed by atoms with Gasteiger partial charge in [0.15, 0.2) is 0 Å². The lowest BCUT2D eigenvalue weighted by Crippen LogP contribution is -2.43. The molecule has 144 valence electrons. The molecule has 0 aromatic heterocycles. The SMILES string of the molecule is CC(=O)Oc1c(C)cc(CN2CCCC(C(=O)NCCCO)C2)cc1C.